The molecule has 0 fully saturated rings. The summed E-state index contributed by atoms with van der Waals surface area (Å²) in [6.45, 7) is 0.420. The molecule has 1 aromatic carbocycles. The van der Waals surface area contributed by atoms with E-state index < -0.39 is 6.09 Å². The molecular weight excluding hydrogens is 222 g/mol. The van der Waals surface area contributed by atoms with E-state index in [4.69, 9.17) is 4.74 Å². The van der Waals surface area contributed by atoms with Crippen LogP contribution in [0.4, 0.5) is 4.79 Å². The van der Waals surface area contributed by atoms with E-state index in [9.17, 15) is 4.79 Å². The van der Waals surface area contributed by atoms with Crippen LogP contribution in [-0.4, -0.2) is 26.7 Å². The molecule has 2 N–H and O–H groups in total. The zero-order chi connectivity index (χ0) is 11.9. The van der Waals surface area contributed by atoms with E-state index in [-0.39, 0.29) is 13.2 Å². The molecule has 17 heavy (non-hydrogen) atoms. The Balaban J connectivity index is 1.71. The van der Waals surface area contributed by atoms with Crippen LogP contribution in [0.25, 0.3) is 0 Å². The monoisotopic (exact) mass is 233 g/mol. The van der Waals surface area contributed by atoms with Gasteiger partial charge in [0.1, 0.15) is 6.61 Å². The number of benzene rings is 1. The van der Waals surface area contributed by atoms with Crippen LogP contribution in [0.1, 0.15) is 11.4 Å². The lowest BCUT2D eigenvalue weighted by molar-refractivity contribution is 0.139. The van der Waals surface area contributed by atoms with Crippen molar-refractivity contribution >= 4 is 6.09 Å². The summed E-state index contributed by atoms with van der Waals surface area (Å²) in [5.74, 6) is 0.404. The van der Waals surface area contributed by atoms with Crippen molar-refractivity contribution < 1.29 is 9.53 Å². The number of aromatic nitrogens is 4. The van der Waals surface area contributed by atoms with Gasteiger partial charge in [0.05, 0.1) is 6.54 Å². The van der Waals surface area contributed by atoms with Gasteiger partial charge < -0.3 is 10.1 Å². The number of tetrazole rings is 1. The zero-order valence-corrected chi connectivity index (χ0v) is 8.96. The molecule has 1 aromatic heterocycles. The number of nitrogens with one attached hydrogen (secondary N) is 2. The van der Waals surface area contributed by atoms with Crippen molar-refractivity contribution in [1.29, 1.82) is 0 Å². The Labute approximate surface area is 97.2 Å². The minimum absolute atomic E-state index is 0.185. The van der Waals surface area contributed by atoms with Gasteiger partial charge in [0, 0.05) is 0 Å². The van der Waals surface area contributed by atoms with Crippen LogP contribution in [0, 0.1) is 0 Å². The molecule has 0 aliphatic heterocycles. The average molecular weight is 233 g/mol. The van der Waals surface area contributed by atoms with E-state index in [0.29, 0.717) is 5.82 Å². The Hall–Kier alpha value is -2.44. The van der Waals surface area contributed by atoms with E-state index in [0.717, 1.165) is 5.56 Å². The minimum atomic E-state index is -0.515. The van der Waals surface area contributed by atoms with Crippen molar-refractivity contribution in [2.24, 2.45) is 0 Å². The third-order valence-electron chi connectivity index (χ3n) is 1.99. The Kier molecular flexibility index (Phi) is 3.64. The van der Waals surface area contributed by atoms with E-state index in [1.807, 2.05) is 30.3 Å². The van der Waals surface area contributed by atoms with Gasteiger partial charge in [0.2, 0.25) is 0 Å². The molecule has 0 unspecified atom stereocenters. The number of rotatable bonds is 4. The lowest BCUT2D eigenvalue weighted by atomic mass is 10.2. The lowest BCUT2D eigenvalue weighted by Gasteiger charge is -2.05. The fourth-order valence-electron chi connectivity index (χ4n) is 1.18. The number of aromatic amines is 1. The van der Waals surface area contributed by atoms with Crippen molar-refractivity contribution in [3.8, 4) is 0 Å². The number of H-pyrrole nitrogens is 1. The predicted octanol–water partition coefficient (Wildman–Crippen LogP) is 0.626. The molecule has 0 spiro atoms. The van der Waals surface area contributed by atoms with E-state index in [1.54, 1.807) is 0 Å². The number of carbonyl (C=O) groups is 1. The minimum Gasteiger partial charge on any atom is -0.445 e. The molecule has 0 aliphatic rings. The van der Waals surface area contributed by atoms with Gasteiger partial charge in [0.25, 0.3) is 0 Å². The fourth-order valence-corrected chi connectivity index (χ4v) is 1.18. The maximum Gasteiger partial charge on any atom is 0.407 e. The molecule has 0 bridgehead atoms. The second-order valence-corrected chi connectivity index (χ2v) is 3.24. The summed E-state index contributed by atoms with van der Waals surface area (Å²) in [4.78, 5) is 11.3. The molecule has 7 nitrogen and oxygen atoms in total. The molecule has 2 rings (SSSR count). The van der Waals surface area contributed by atoms with Gasteiger partial charge >= 0.3 is 6.09 Å². The molecular formula is C10H11N5O2. The molecule has 88 valence electrons. The number of alkyl carbamates (subject to hydrolysis) is 1. The second-order valence-electron chi connectivity index (χ2n) is 3.24. The van der Waals surface area contributed by atoms with Crippen LogP contribution in [0.15, 0.2) is 30.3 Å². The van der Waals surface area contributed by atoms with E-state index in [2.05, 4.69) is 25.9 Å². The standard InChI is InChI=1S/C10H11N5O2/c16-10(11-6-9-12-14-15-13-9)17-7-8-4-2-1-3-5-8/h1-5H,6-7H2,(H,11,16)(H,12,13,14,15). The summed E-state index contributed by atoms with van der Waals surface area (Å²) in [5.41, 5.74) is 0.933. The van der Waals surface area contributed by atoms with Crippen molar-refractivity contribution in [1.82, 2.24) is 25.9 Å². The smallest absolute Gasteiger partial charge is 0.407 e. The van der Waals surface area contributed by atoms with Gasteiger partial charge in [-0.3, -0.25) is 0 Å². The maximum atomic E-state index is 11.3. The number of amides is 1. The molecule has 7 heteroatoms. The molecule has 0 radical (unpaired) electrons. The zero-order valence-electron chi connectivity index (χ0n) is 8.96. The van der Waals surface area contributed by atoms with Crippen LogP contribution in [0.5, 0.6) is 0 Å². The normalized spacial score (nSPS) is 9.88. The highest BCUT2D eigenvalue weighted by molar-refractivity contribution is 5.66. The largest absolute Gasteiger partial charge is 0.445 e. The second kappa shape index (κ2) is 5.59. The number of hydrogen-bond donors (Lipinski definition) is 2. The summed E-state index contributed by atoms with van der Waals surface area (Å²) in [7, 11) is 0. The topological polar surface area (TPSA) is 92.8 Å². The van der Waals surface area contributed by atoms with E-state index in [1.165, 1.54) is 0 Å². The molecule has 0 aliphatic carbocycles. The van der Waals surface area contributed by atoms with Crippen molar-refractivity contribution in [2.45, 2.75) is 13.2 Å². The highest BCUT2D eigenvalue weighted by Crippen LogP contribution is 2.00. The first-order valence-corrected chi connectivity index (χ1v) is 5.01. The van der Waals surface area contributed by atoms with Gasteiger partial charge in [0.15, 0.2) is 5.82 Å². The van der Waals surface area contributed by atoms with Crippen molar-refractivity contribution in [2.75, 3.05) is 0 Å². The summed E-state index contributed by atoms with van der Waals surface area (Å²) in [5, 5.41) is 15.5. The van der Waals surface area contributed by atoms with Crippen molar-refractivity contribution in [3.63, 3.8) is 0 Å². The Morgan fingerprint density at radius 2 is 2.18 bits per heavy atom. The average Bonchev–Trinajstić information content (AvgIpc) is 2.88. The Morgan fingerprint density at radius 3 is 2.88 bits per heavy atom. The first-order chi connectivity index (χ1) is 8.34. The third-order valence-corrected chi connectivity index (χ3v) is 1.99. The fraction of sp³-hybridized carbons (Fsp3) is 0.200. The first-order valence-electron chi connectivity index (χ1n) is 5.01. The SMILES string of the molecule is O=C(NCc1nn[nH]n1)OCc1ccccc1. The number of carbonyl (C=O) groups excluding carboxylic acids is 1. The first kappa shape index (κ1) is 11.1. The van der Waals surface area contributed by atoms with Gasteiger partial charge in [-0.1, -0.05) is 35.5 Å². The summed E-state index contributed by atoms with van der Waals surface area (Å²) in [6, 6.07) is 9.44. The van der Waals surface area contributed by atoms with E-state index >= 15 is 0 Å². The summed E-state index contributed by atoms with van der Waals surface area (Å²) in [6.07, 6.45) is -0.515. The lowest BCUT2D eigenvalue weighted by Crippen LogP contribution is -2.24. The highest BCUT2D eigenvalue weighted by Gasteiger charge is 2.04. The number of hydrogen-bond acceptors (Lipinski definition) is 5. The highest BCUT2D eigenvalue weighted by atomic mass is 16.5. The quantitative estimate of drug-likeness (QED) is 0.807. The van der Waals surface area contributed by atoms with Gasteiger partial charge in [-0.25, -0.2) is 4.79 Å². The molecule has 2 aromatic rings. The van der Waals surface area contributed by atoms with Crippen LogP contribution in [-0.2, 0) is 17.9 Å². The maximum absolute atomic E-state index is 11.3. The number of ether oxygens (including phenoxy) is 1. The van der Waals surface area contributed by atoms with Crippen LogP contribution < -0.4 is 5.32 Å². The van der Waals surface area contributed by atoms with Crippen molar-refractivity contribution in [3.05, 3.63) is 41.7 Å². The molecule has 1 heterocycles. The Morgan fingerprint density at radius 1 is 1.35 bits per heavy atom. The van der Waals surface area contributed by atoms with Gasteiger partial charge in [-0.05, 0) is 5.56 Å². The van der Waals surface area contributed by atoms with Gasteiger partial charge in [-0.15, -0.1) is 10.2 Å². The van der Waals surface area contributed by atoms with Crippen LogP contribution in [0.2, 0.25) is 0 Å². The molecule has 0 saturated carbocycles. The Bertz CT molecular complexity index is 457. The molecule has 0 saturated heterocycles. The predicted molar refractivity (Wildman–Crippen MR) is 57.6 cm³/mol. The summed E-state index contributed by atoms with van der Waals surface area (Å²) < 4.78 is 4.99. The molecule has 1 amide bonds. The third kappa shape index (κ3) is 3.56. The van der Waals surface area contributed by atoms with Crippen LogP contribution >= 0.6 is 0 Å². The summed E-state index contributed by atoms with van der Waals surface area (Å²) >= 11 is 0. The molecule has 0 atom stereocenters. The van der Waals surface area contributed by atoms with Crippen LogP contribution in [0.3, 0.4) is 0 Å². The number of nitrogens with zero attached hydrogens (tertiary/aromatic N) is 3. The van der Waals surface area contributed by atoms with Gasteiger partial charge in [-0.2, -0.15) is 5.21 Å².